The van der Waals surface area contributed by atoms with Crippen molar-refractivity contribution in [1.82, 2.24) is 5.32 Å². The zero-order chi connectivity index (χ0) is 10.7. The minimum absolute atomic E-state index is 0.0144. The van der Waals surface area contributed by atoms with Crippen LogP contribution >= 0.6 is 0 Å². The lowest BCUT2D eigenvalue weighted by Gasteiger charge is -2.21. The summed E-state index contributed by atoms with van der Waals surface area (Å²) in [6, 6.07) is 5.94. The van der Waals surface area contributed by atoms with Gasteiger partial charge >= 0.3 is 0 Å². The monoisotopic (exact) mass is 207 g/mol. The van der Waals surface area contributed by atoms with Gasteiger partial charge in [-0.05, 0) is 31.5 Å². The topological polar surface area (TPSA) is 29.1 Å². The predicted molar refractivity (Wildman–Crippen MR) is 56.3 cm³/mol. The van der Waals surface area contributed by atoms with E-state index in [1.165, 1.54) is 12.1 Å². The first-order chi connectivity index (χ1) is 7.27. The second-order valence-electron chi connectivity index (χ2n) is 3.92. The summed E-state index contributed by atoms with van der Waals surface area (Å²) < 4.78 is 12.9. The number of benzene rings is 1. The molecule has 2 rings (SSSR count). The minimum Gasteiger partial charge on any atom is -0.316 e. The molecule has 15 heavy (non-hydrogen) atoms. The lowest BCUT2D eigenvalue weighted by atomic mass is 9.91. The van der Waals surface area contributed by atoms with E-state index in [2.05, 4.69) is 5.32 Å². The number of halogens is 1. The molecule has 1 saturated heterocycles. The molecule has 1 N–H and O–H groups in total. The van der Waals surface area contributed by atoms with Gasteiger partial charge in [0.1, 0.15) is 5.82 Å². The van der Waals surface area contributed by atoms with Crippen molar-refractivity contribution in [3.05, 3.63) is 35.6 Å². The highest BCUT2D eigenvalue weighted by Crippen LogP contribution is 2.17. The minimum atomic E-state index is -0.343. The van der Waals surface area contributed by atoms with E-state index in [9.17, 15) is 9.18 Å². The van der Waals surface area contributed by atoms with Crippen LogP contribution in [0.3, 0.4) is 0 Å². The third-order valence-corrected chi connectivity index (χ3v) is 2.78. The average Bonchev–Trinajstić information content (AvgIpc) is 2.29. The summed E-state index contributed by atoms with van der Waals surface area (Å²) in [5, 5.41) is 3.19. The van der Waals surface area contributed by atoms with Gasteiger partial charge in [-0.1, -0.05) is 12.1 Å². The molecule has 0 spiro atoms. The zero-order valence-corrected chi connectivity index (χ0v) is 8.50. The summed E-state index contributed by atoms with van der Waals surface area (Å²) in [7, 11) is 0. The zero-order valence-electron chi connectivity index (χ0n) is 8.50. The number of rotatable bonds is 2. The number of nitrogens with one attached hydrogen (secondary N) is 1. The molecule has 80 valence electrons. The van der Waals surface area contributed by atoms with Crippen LogP contribution in [0.1, 0.15) is 23.2 Å². The second kappa shape index (κ2) is 4.53. The van der Waals surface area contributed by atoms with Gasteiger partial charge in [0.05, 0.1) is 0 Å². The van der Waals surface area contributed by atoms with Crippen LogP contribution in [0.15, 0.2) is 24.3 Å². The van der Waals surface area contributed by atoms with E-state index in [0.29, 0.717) is 5.56 Å². The number of Topliss-reactive ketones (excluding diaryl/α,β-unsaturated/α-hetero) is 1. The van der Waals surface area contributed by atoms with E-state index >= 15 is 0 Å². The number of carbonyl (C=O) groups excluding carboxylic acids is 1. The quantitative estimate of drug-likeness (QED) is 0.751. The van der Waals surface area contributed by atoms with Crippen molar-refractivity contribution in [3.63, 3.8) is 0 Å². The van der Waals surface area contributed by atoms with Crippen LogP contribution in [0.5, 0.6) is 0 Å². The predicted octanol–water partition coefficient (Wildman–Crippen LogP) is 2.01. The molecule has 1 atom stereocenters. The van der Waals surface area contributed by atoms with E-state index in [1.807, 2.05) is 0 Å². The first kappa shape index (κ1) is 10.3. The summed E-state index contributed by atoms with van der Waals surface area (Å²) in [6.07, 6.45) is 1.92. The van der Waals surface area contributed by atoms with Crippen LogP contribution in [0.2, 0.25) is 0 Å². The Balaban J connectivity index is 2.12. The van der Waals surface area contributed by atoms with Gasteiger partial charge in [0, 0.05) is 18.0 Å². The van der Waals surface area contributed by atoms with Gasteiger partial charge in [-0.3, -0.25) is 4.79 Å². The number of hydrogen-bond donors (Lipinski definition) is 1. The van der Waals surface area contributed by atoms with Crippen LogP contribution in [-0.2, 0) is 0 Å². The summed E-state index contributed by atoms with van der Waals surface area (Å²) >= 11 is 0. The third-order valence-electron chi connectivity index (χ3n) is 2.78. The number of carbonyl (C=O) groups is 1. The van der Waals surface area contributed by atoms with Crippen molar-refractivity contribution in [1.29, 1.82) is 0 Å². The van der Waals surface area contributed by atoms with Crippen LogP contribution in [0.4, 0.5) is 4.39 Å². The first-order valence-electron chi connectivity index (χ1n) is 5.28. The molecule has 0 unspecified atom stereocenters. The molecule has 0 aromatic heterocycles. The van der Waals surface area contributed by atoms with E-state index < -0.39 is 0 Å². The SMILES string of the molecule is O=C(c1cccc(F)c1)[C@@H]1CCCNC1. The van der Waals surface area contributed by atoms with Crippen molar-refractivity contribution in [3.8, 4) is 0 Å². The molecule has 1 fully saturated rings. The van der Waals surface area contributed by atoms with Gasteiger partial charge in [-0.15, -0.1) is 0 Å². The van der Waals surface area contributed by atoms with Crippen molar-refractivity contribution in [2.75, 3.05) is 13.1 Å². The lowest BCUT2D eigenvalue weighted by Crippen LogP contribution is -2.34. The smallest absolute Gasteiger partial charge is 0.167 e. The summed E-state index contributed by atoms with van der Waals surface area (Å²) in [5.41, 5.74) is 0.490. The van der Waals surface area contributed by atoms with Gasteiger partial charge < -0.3 is 5.32 Å². The summed E-state index contributed by atoms with van der Waals surface area (Å²) in [6.45, 7) is 1.70. The Morgan fingerprint density at radius 3 is 3.00 bits per heavy atom. The van der Waals surface area contributed by atoms with Gasteiger partial charge in [-0.2, -0.15) is 0 Å². The Morgan fingerprint density at radius 2 is 2.33 bits per heavy atom. The van der Waals surface area contributed by atoms with Gasteiger partial charge in [-0.25, -0.2) is 4.39 Å². The molecule has 1 heterocycles. The molecule has 3 heteroatoms. The van der Waals surface area contributed by atoms with Crippen molar-refractivity contribution in [2.24, 2.45) is 5.92 Å². The summed E-state index contributed by atoms with van der Waals surface area (Å²) in [4.78, 5) is 11.9. The Bertz CT molecular complexity index is 358. The lowest BCUT2D eigenvalue weighted by molar-refractivity contribution is 0.0899. The van der Waals surface area contributed by atoms with E-state index in [4.69, 9.17) is 0 Å². The first-order valence-corrected chi connectivity index (χ1v) is 5.28. The highest BCUT2D eigenvalue weighted by molar-refractivity contribution is 5.98. The van der Waals surface area contributed by atoms with Crippen molar-refractivity contribution >= 4 is 5.78 Å². The van der Waals surface area contributed by atoms with Gasteiger partial charge in [0.15, 0.2) is 5.78 Å². The third kappa shape index (κ3) is 2.42. The largest absolute Gasteiger partial charge is 0.316 e. The molecule has 0 bridgehead atoms. The van der Waals surface area contributed by atoms with Crippen LogP contribution in [-0.4, -0.2) is 18.9 Å². The molecule has 1 aliphatic rings. The van der Waals surface area contributed by atoms with E-state index in [1.54, 1.807) is 12.1 Å². The maximum absolute atomic E-state index is 12.9. The fraction of sp³-hybridized carbons (Fsp3) is 0.417. The molecular weight excluding hydrogens is 193 g/mol. The Morgan fingerprint density at radius 1 is 1.47 bits per heavy atom. The van der Waals surface area contributed by atoms with Crippen LogP contribution < -0.4 is 5.32 Å². The molecule has 0 saturated carbocycles. The van der Waals surface area contributed by atoms with E-state index in [0.717, 1.165) is 25.9 Å². The highest BCUT2D eigenvalue weighted by Gasteiger charge is 2.22. The van der Waals surface area contributed by atoms with E-state index in [-0.39, 0.29) is 17.5 Å². The average molecular weight is 207 g/mol. The number of ketones is 1. The molecule has 1 aromatic rings. The van der Waals surface area contributed by atoms with Crippen molar-refractivity contribution in [2.45, 2.75) is 12.8 Å². The van der Waals surface area contributed by atoms with Gasteiger partial charge in [0.25, 0.3) is 0 Å². The Kier molecular flexibility index (Phi) is 3.11. The van der Waals surface area contributed by atoms with Crippen molar-refractivity contribution < 1.29 is 9.18 Å². The number of piperidine rings is 1. The maximum Gasteiger partial charge on any atom is 0.167 e. The fourth-order valence-corrected chi connectivity index (χ4v) is 1.95. The van der Waals surface area contributed by atoms with Crippen LogP contribution in [0.25, 0.3) is 0 Å². The Hall–Kier alpha value is -1.22. The number of hydrogen-bond acceptors (Lipinski definition) is 2. The fourth-order valence-electron chi connectivity index (χ4n) is 1.95. The molecule has 0 radical (unpaired) electrons. The standard InChI is InChI=1S/C12H14FNO/c13-11-5-1-3-9(7-11)12(15)10-4-2-6-14-8-10/h1,3,5,7,10,14H,2,4,6,8H2/t10-/m1/s1. The van der Waals surface area contributed by atoms with Gasteiger partial charge in [0.2, 0.25) is 0 Å². The second-order valence-corrected chi connectivity index (χ2v) is 3.92. The molecule has 0 amide bonds. The summed E-state index contributed by atoms with van der Waals surface area (Å²) in [5.74, 6) is -0.271. The Labute approximate surface area is 88.5 Å². The normalized spacial score (nSPS) is 21.3. The molecule has 1 aromatic carbocycles. The molecular formula is C12H14FNO. The maximum atomic E-state index is 12.9. The molecule has 2 nitrogen and oxygen atoms in total. The highest BCUT2D eigenvalue weighted by atomic mass is 19.1. The molecule has 1 aliphatic heterocycles. The molecule has 0 aliphatic carbocycles. The van der Waals surface area contributed by atoms with Crippen LogP contribution in [0, 0.1) is 11.7 Å².